The fraction of sp³-hybridized carbons (Fsp3) is 0.455. The first kappa shape index (κ1) is 21.7. The summed E-state index contributed by atoms with van der Waals surface area (Å²) in [4.78, 5) is 9.27. The van der Waals surface area contributed by atoms with Crippen LogP contribution in [0.4, 0.5) is 5.69 Å². The molecule has 0 fully saturated rings. The van der Waals surface area contributed by atoms with E-state index >= 15 is 0 Å². The van der Waals surface area contributed by atoms with Gasteiger partial charge < -0.3 is 5.32 Å². The maximum atomic E-state index is 13.0. The van der Waals surface area contributed by atoms with Crippen molar-refractivity contribution in [3.63, 3.8) is 0 Å². The molecule has 2 atom stereocenters. The first-order valence-electron chi connectivity index (χ1n) is 9.75. The number of rotatable bonds is 6. The molecule has 0 saturated carbocycles. The van der Waals surface area contributed by atoms with Crippen LogP contribution >= 0.6 is 11.3 Å². The Hall–Kier alpha value is -2.01. The fourth-order valence-corrected chi connectivity index (χ4v) is 5.10. The average Bonchev–Trinajstić information content (AvgIpc) is 3.19. The Kier molecular flexibility index (Phi) is 6.57. The van der Waals surface area contributed by atoms with Gasteiger partial charge in [-0.3, -0.25) is 4.99 Å². The molecule has 2 heterocycles. The summed E-state index contributed by atoms with van der Waals surface area (Å²) in [5, 5.41) is 5.50. The van der Waals surface area contributed by atoms with Gasteiger partial charge >= 0.3 is 0 Å². The lowest BCUT2D eigenvalue weighted by molar-refractivity contribution is 0.459. The van der Waals surface area contributed by atoms with Gasteiger partial charge in [0.05, 0.1) is 33.7 Å². The molecule has 0 radical (unpaired) electrons. The van der Waals surface area contributed by atoms with Crippen molar-refractivity contribution in [2.75, 3.05) is 13.1 Å². The van der Waals surface area contributed by atoms with Crippen LogP contribution in [0.3, 0.4) is 0 Å². The topological polar surface area (TPSA) is 57.9 Å². The standard InChI is InChI=1S/C22H28N4OS2/c1-21(2,3)29(27)26-22(4,14-20-24-10-7-11-25-20)19-13-17(15-28-19)16-8-6-9-18(12-16)23-5/h6,8-9,12-13,15,26H,7,10-11,14H2,1-4H3,(H,24,25)/t22-,29?/m0/s1. The average molecular weight is 429 g/mol. The molecular weight excluding hydrogens is 400 g/mol. The Morgan fingerprint density at radius 2 is 2.07 bits per heavy atom. The van der Waals surface area contributed by atoms with Crippen molar-refractivity contribution in [1.29, 1.82) is 0 Å². The third-order valence-electron chi connectivity index (χ3n) is 4.81. The van der Waals surface area contributed by atoms with Crippen LogP contribution in [0.1, 0.15) is 45.4 Å². The number of nitrogens with one attached hydrogen (secondary N) is 2. The van der Waals surface area contributed by atoms with Crippen LogP contribution in [-0.4, -0.2) is 27.9 Å². The zero-order chi connectivity index (χ0) is 21.1. The second-order valence-corrected chi connectivity index (χ2v) is 11.3. The summed E-state index contributed by atoms with van der Waals surface area (Å²) in [5.41, 5.74) is 2.21. The number of hydrogen-bond donors (Lipinski definition) is 2. The highest BCUT2D eigenvalue weighted by atomic mass is 32.2. The fourth-order valence-electron chi connectivity index (χ4n) is 3.10. The first-order chi connectivity index (χ1) is 13.7. The number of amidine groups is 1. The molecule has 0 aliphatic carbocycles. The Bertz CT molecular complexity index is 968. The predicted octanol–water partition coefficient (Wildman–Crippen LogP) is 5.01. The van der Waals surface area contributed by atoms with Crippen molar-refractivity contribution in [3.8, 4) is 11.1 Å². The van der Waals surface area contributed by atoms with E-state index in [2.05, 4.69) is 38.2 Å². The van der Waals surface area contributed by atoms with Gasteiger partial charge in [-0.2, -0.15) is 0 Å². The molecule has 3 rings (SSSR count). The SMILES string of the molecule is [C-]#[N+]c1cccc(-c2csc([C@](C)(CC3=NCCCN3)NS(=O)C(C)(C)C)c2)c1. The van der Waals surface area contributed by atoms with Crippen LogP contribution in [-0.2, 0) is 16.5 Å². The molecule has 5 nitrogen and oxygen atoms in total. The van der Waals surface area contributed by atoms with E-state index in [9.17, 15) is 4.21 Å². The molecule has 0 spiro atoms. The van der Waals surface area contributed by atoms with Gasteiger partial charge in [0.15, 0.2) is 5.69 Å². The van der Waals surface area contributed by atoms with E-state index in [0.29, 0.717) is 12.1 Å². The van der Waals surface area contributed by atoms with Gasteiger partial charge in [-0.1, -0.05) is 18.2 Å². The van der Waals surface area contributed by atoms with E-state index in [1.807, 2.05) is 45.0 Å². The molecule has 0 bridgehead atoms. The van der Waals surface area contributed by atoms with Crippen LogP contribution in [0.5, 0.6) is 0 Å². The molecule has 0 saturated heterocycles. The van der Waals surface area contributed by atoms with Gasteiger partial charge in [0.2, 0.25) is 0 Å². The zero-order valence-corrected chi connectivity index (χ0v) is 19.0. The Labute approximate surface area is 180 Å². The highest BCUT2D eigenvalue weighted by Crippen LogP contribution is 2.36. The Morgan fingerprint density at radius 3 is 2.72 bits per heavy atom. The third-order valence-corrected chi connectivity index (χ3v) is 7.76. The van der Waals surface area contributed by atoms with Gasteiger partial charge in [-0.25, -0.2) is 13.8 Å². The van der Waals surface area contributed by atoms with Crippen molar-refractivity contribution < 1.29 is 4.21 Å². The van der Waals surface area contributed by atoms with E-state index in [1.165, 1.54) is 0 Å². The van der Waals surface area contributed by atoms with Crippen LogP contribution in [0.15, 0.2) is 40.7 Å². The summed E-state index contributed by atoms with van der Waals surface area (Å²) in [6.45, 7) is 17.0. The molecule has 2 N–H and O–H groups in total. The Balaban J connectivity index is 1.95. The second kappa shape index (κ2) is 8.78. The number of thiophene rings is 1. The molecule has 29 heavy (non-hydrogen) atoms. The monoisotopic (exact) mass is 428 g/mol. The summed E-state index contributed by atoms with van der Waals surface area (Å²) >= 11 is 1.65. The molecule has 154 valence electrons. The number of benzene rings is 1. The summed E-state index contributed by atoms with van der Waals surface area (Å²) in [5.74, 6) is 0.960. The van der Waals surface area contributed by atoms with Gasteiger partial charge in [0.1, 0.15) is 0 Å². The van der Waals surface area contributed by atoms with Crippen LogP contribution < -0.4 is 10.0 Å². The molecule has 1 aliphatic rings. The molecule has 1 unspecified atom stereocenters. The zero-order valence-electron chi connectivity index (χ0n) is 17.4. The number of hydrogen-bond acceptors (Lipinski definition) is 4. The normalized spacial score (nSPS) is 17.6. The Morgan fingerprint density at radius 1 is 1.28 bits per heavy atom. The predicted molar refractivity (Wildman–Crippen MR) is 124 cm³/mol. The lowest BCUT2D eigenvalue weighted by atomic mass is 9.94. The summed E-state index contributed by atoms with van der Waals surface area (Å²) in [6, 6.07) is 9.79. The van der Waals surface area contributed by atoms with E-state index in [-0.39, 0.29) is 4.75 Å². The summed E-state index contributed by atoms with van der Waals surface area (Å²) in [6.07, 6.45) is 1.69. The first-order valence-corrected chi connectivity index (χ1v) is 11.8. The van der Waals surface area contributed by atoms with Crippen molar-refractivity contribution in [2.45, 2.75) is 50.8 Å². The van der Waals surface area contributed by atoms with E-state index in [0.717, 1.165) is 41.4 Å². The smallest absolute Gasteiger partial charge is 0.187 e. The second-order valence-electron chi connectivity index (χ2n) is 8.46. The minimum Gasteiger partial charge on any atom is -0.374 e. The molecule has 0 amide bonds. The largest absolute Gasteiger partial charge is 0.374 e. The molecule has 1 aliphatic heterocycles. The molecule has 1 aromatic carbocycles. The minimum absolute atomic E-state index is 0.368. The lowest BCUT2D eigenvalue weighted by Gasteiger charge is -2.34. The quantitative estimate of drug-likeness (QED) is 0.635. The minimum atomic E-state index is -1.22. The number of aliphatic imine (C=N–C) groups is 1. The molecule has 1 aromatic heterocycles. The van der Waals surface area contributed by atoms with E-state index in [4.69, 9.17) is 6.57 Å². The van der Waals surface area contributed by atoms with Crippen LogP contribution in [0, 0.1) is 6.57 Å². The summed E-state index contributed by atoms with van der Waals surface area (Å²) < 4.78 is 16.0. The van der Waals surface area contributed by atoms with Gasteiger partial charge in [0, 0.05) is 24.4 Å². The van der Waals surface area contributed by atoms with Crippen molar-refractivity contribution in [1.82, 2.24) is 10.0 Å². The van der Waals surface area contributed by atoms with Crippen LogP contribution in [0.2, 0.25) is 0 Å². The number of nitrogens with zero attached hydrogens (tertiary/aromatic N) is 2. The molecular formula is C22H28N4OS2. The lowest BCUT2D eigenvalue weighted by Crippen LogP contribution is -2.48. The molecule has 2 aromatic rings. The van der Waals surface area contributed by atoms with Crippen molar-refractivity contribution >= 4 is 33.8 Å². The summed E-state index contributed by atoms with van der Waals surface area (Å²) in [7, 11) is -1.22. The van der Waals surface area contributed by atoms with Gasteiger partial charge in [-0.05, 0) is 62.8 Å². The van der Waals surface area contributed by atoms with Crippen molar-refractivity contribution in [3.05, 3.63) is 52.0 Å². The van der Waals surface area contributed by atoms with Gasteiger partial charge in [0.25, 0.3) is 0 Å². The highest BCUT2D eigenvalue weighted by Gasteiger charge is 2.35. The molecule has 7 heteroatoms. The van der Waals surface area contributed by atoms with E-state index in [1.54, 1.807) is 11.3 Å². The highest BCUT2D eigenvalue weighted by molar-refractivity contribution is 7.84. The van der Waals surface area contributed by atoms with Crippen molar-refractivity contribution in [2.24, 2.45) is 4.99 Å². The maximum absolute atomic E-state index is 13.0. The van der Waals surface area contributed by atoms with Crippen LogP contribution in [0.25, 0.3) is 16.0 Å². The third kappa shape index (κ3) is 5.33. The van der Waals surface area contributed by atoms with Gasteiger partial charge in [-0.15, -0.1) is 11.3 Å². The maximum Gasteiger partial charge on any atom is 0.187 e. The van der Waals surface area contributed by atoms with E-state index < -0.39 is 16.5 Å².